The summed E-state index contributed by atoms with van der Waals surface area (Å²) in [6.07, 6.45) is 1.47. The number of carbonyl (C=O) groups excluding carboxylic acids is 2. The van der Waals surface area contributed by atoms with E-state index in [0.717, 1.165) is 11.5 Å². The maximum Gasteiger partial charge on any atom is 0.260 e. The van der Waals surface area contributed by atoms with Crippen LogP contribution in [0.15, 0.2) is 41.0 Å². The zero-order valence-electron chi connectivity index (χ0n) is 13.1. The number of benzene rings is 1. The number of hydrogen-bond donors (Lipinski definition) is 1. The third-order valence-electron chi connectivity index (χ3n) is 3.23. The number of ketones is 1. The van der Waals surface area contributed by atoms with Gasteiger partial charge in [0.25, 0.3) is 5.91 Å². The molecule has 1 aromatic carbocycles. The molecule has 0 aliphatic heterocycles. The minimum atomic E-state index is -0.392. The van der Waals surface area contributed by atoms with E-state index in [9.17, 15) is 9.59 Å². The lowest BCUT2D eigenvalue weighted by Gasteiger charge is -1.97. The molecule has 0 unspecified atom stereocenters. The molecule has 3 aromatic rings. The van der Waals surface area contributed by atoms with Crippen LogP contribution in [0.4, 0.5) is 5.13 Å². The lowest BCUT2D eigenvalue weighted by atomic mass is 10.1. The smallest absolute Gasteiger partial charge is 0.260 e. The average molecular weight is 352 g/mol. The number of furan rings is 1. The van der Waals surface area contributed by atoms with Crippen molar-refractivity contribution in [3.63, 3.8) is 0 Å². The molecule has 0 bridgehead atoms. The molecule has 0 aliphatic carbocycles. The summed E-state index contributed by atoms with van der Waals surface area (Å²) in [4.78, 5) is 27.4. The molecule has 8 heteroatoms. The van der Waals surface area contributed by atoms with Crippen molar-refractivity contribution in [2.45, 2.75) is 13.3 Å². The molecule has 0 atom stereocenters. The maximum atomic E-state index is 12.3. The van der Waals surface area contributed by atoms with Gasteiger partial charge < -0.3 is 4.42 Å². The highest BCUT2D eigenvalue weighted by Crippen LogP contribution is 2.24. The summed E-state index contributed by atoms with van der Waals surface area (Å²) >= 11 is 1.01. The molecule has 7 nitrogen and oxygen atoms in total. The van der Waals surface area contributed by atoms with Crippen molar-refractivity contribution in [3.05, 3.63) is 53.5 Å². The Hall–Kier alpha value is -3.31. The topological polar surface area (TPSA) is 109 Å². The van der Waals surface area contributed by atoms with Crippen LogP contribution in [0.1, 0.15) is 28.7 Å². The van der Waals surface area contributed by atoms with E-state index in [2.05, 4.69) is 20.7 Å². The molecule has 3 rings (SSSR count). The van der Waals surface area contributed by atoms with Crippen molar-refractivity contribution in [1.82, 2.24) is 9.36 Å². The number of rotatable bonds is 5. The van der Waals surface area contributed by atoms with Crippen molar-refractivity contribution in [2.24, 2.45) is 0 Å². The zero-order chi connectivity index (χ0) is 17.8. The monoisotopic (exact) mass is 352 g/mol. The maximum absolute atomic E-state index is 12.3. The van der Waals surface area contributed by atoms with Crippen LogP contribution < -0.4 is 5.32 Å². The van der Waals surface area contributed by atoms with E-state index < -0.39 is 5.91 Å². The SMILES string of the molecule is CC(=O)Cc1nsc(NC(=O)c2coc(-c3cccc(C#N)c3)c2)n1. The second-order valence-electron chi connectivity index (χ2n) is 5.24. The van der Waals surface area contributed by atoms with Crippen molar-refractivity contribution in [2.75, 3.05) is 5.32 Å². The number of carbonyl (C=O) groups is 2. The Balaban J connectivity index is 1.73. The molecule has 0 aliphatic rings. The van der Waals surface area contributed by atoms with Gasteiger partial charge in [-0.15, -0.1) is 0 Å². The molecule has 0 fully saturated rings. The largest absolute Gasteiger partial charge is 0.464 e. The molecule has 25 heavy (non-hydrogen) atoms. The lowest BCUT2D eigenvalue weighted by molar-refractivity contribution is -0.116. The molecule has 2 heterocycles. The first-order valence-corrected chi connectivity index (χ1v) is 8.05. The van der Waals surface area contributed by atoms with Gasteiger partial charge in [-0.05, 0) is 25.1 Å². The van der Waals surface area contributed by atoms with Gasteiger partial charge in [0.2, 0.25) is 5.13 Å². The Labute approximate surface area is 147 Å². The Bertz CT molecular complexity index is 984. The highest BCUT2D eigenvalue weighted by atomic mass is 32.1. The van der Waals surface area contributed by atoms with Crippen molar-refractivity contribution in [3.8, 4) is 17.4 Å². The summed E-state index contributed by atoms with van der Waals surface area (Å²) in [5.41, 5.74) is 1.53. The first-order chi connectivity index (χ1) is 12.0. The summed E-state index contributed by atoms with van der Waals surface area (Å²) < 4.78 is 9.44. The Morgan fingerprint density at radius 2 is 2.20 bits per heavy atom. The summed E-state index contributed by atoms with van der Waals surface area (Å²) in [7, 11) is 0. The van der Waals surface area contributed by atoms with Crippen LogP contribution in [0.3, 0.4) is 0 Å². The Kier molecular flexibility index (Phi) is 4.68. The molecule has 1 amide bonds. The van der Waals surface area contributed by atoms with Crippen molar-refractivity contribution < 1.29 is 14.0 Å². The van der Waals surface area contributed by atoms with E-state index in [-0.39, 0.29) is 12.2 Å². The van der Waals surface area contributed by atoms with Crippen LogP contribution in [0.25, 0.3) is 11.3 Å². The van der Waals surface area contributed by atoms with E-state index in [4.69, 9.17) is 9.68 Å². The molecule has 1 N–H and O–H groups in total. The second-order valence-corrected chi connectivity index (χ2v) is 5.99. The number of nitrogens with one attached hydrogen (secondary N) is 1. The lowest BCUT2D eigenvalue weighted by Crippen LogP contribution is -2.10. The van der Waals surface area contributed by atoms with E-state index >= 15 is 0 Å². The summed E-state index contributed by atoms with van der Waals surface area (Å²) in [5, 5.41) is 11.9. The van der Waals surface area contributed by atoms with E-state index in [0.29, 0.717) is 33.4 Å². The standard InChI is InChI=1S/C17H12N4O3S/c1-10(22)5-15-19-17(25-21-15)20-16(23)13-7-14(24-9-13)12-4-2-3-11(6-12)8-18/h2-4,6-7,9H,5H2,1H3,(H,19,20,21,23). The fourth-order valence-electron chi connectivity index (χ4n) is 2.12. The first kappa shape index (κ1) is 16.5. The van der Waals surface area contributed by atoms with Gasteiger partial charge in [-0.3, -0.25) is 14.9 Å². The van der Waals surface area contributed by atoms with Gasteiger partial charge >= 0.3 is 0 Å². The van der Waals surface area contributed by atoms with Crippen LogP contribution in [-0.2, 0) is 11.2 Å². The minimum Gasteiger partial charge on any atom is -0.464 e. The summed E-state index contributed by atoms with van der Waals surface area (Å²) in [6.45, 7) is 1.45. The van der Waals surface area contributed by atoms with E-state index in [1.165, 1.54) is 13.2 Å². The highest BCUT2D eigenvalue weighted by Gasteiger charge is 2.14. The quantitative estimate of drug-likeness (QED) is 0.756. The molecule has 0 saturated carbocycles. The molecular weight excluding hydrogens is 340 g/mol. The Morgan fingerprint density at radius 3 is 2.96 bits per heavy atom. The number of hydrogen-bond acceptors (Lipinski definition) is 7. The average Bonchev–Trinajstić information content (AvgIpc) is 3.24. The van der Waals surface area contributed by atoms with Gasteiger partial charge in [-0.25, -0.2) is 4.98 Å². The van der Waals surface area contributed by atoms with Gasteiger partial charge in [-0.1, -0.05) is 12.1 Å². The molecule has 2 aromatic heterocycles. The first-order valence-electron chi connectivity index (χ1n) is 7.27. The fraction of sp³-hybridized carbons (Fsp3) is 0.118. The van der Waals surface area contributed by atoms with Gasteiger partial charge in [0.1, 0.15) is 17.8 Å². The Morgan fingerprint density at radius 1 is 1.36 bits per heavy atom. The van der Waals surface area contributed by atoms with Gasteiger partial charge in [0.15, 0.2) is 5.82 Å². The van der Waals surface area contributed by atoms with Crippen LogP contribution >= 0.6 is 11.5 Å². The number of anilines is 1. The fourth-order valence-corrected chi connectivity index (χ4v) is 2.70. The van der Waals surface area contributed by atoms with Crippen LogP contribution in [-0.4, -0.2) is 21.0 Å². The summed E-state index contributed by atoms with van der Waals surface area (Å²) in [5.74, 6) is 0.428. The molecule has 0 radical (unpaired) electrons. The number of nitrogens with zero attached hydrogens (tertiary/aromatic N) is 3. The van der Waals surface area contributed by atoms with Gasteiger partial charge in [0.05, 0.1) is 23.6 Å². The molecule has 0 saturated heterocycles. The number of amides is 1. The normalized spacial score (nSPS) is 10.2. The minimum absolute atomic E-state index is 0.0465. The predicted molar refractivity (Wildman–Crippen MR) is 91.1 cm³/mol. The zero-order valence-corrected chi connectivity index (χ0v) is 14.0. The molecule has 124 valence electrons. The summed E-state index contributed by atoms with van der Waals surface area (Å²) in [6, 6.07) is 10.5. The van der Waals surface area contributed by atoms with Gasteiger partial charge in [0, 0.05) is 17.1 Å². The van der Waals surface area contributed by atoms with Crippen LogP contribution in [0.5, 0.6) is 0 Å². The molecule has 0 spiro atoms. The van der Waals surface area contributed by atoms with Crippen molar-refractivity contribution >= 4 is 28.4 Å². The number of aromatic nitrogens is 2. The van der Waals surface area contributed by atoms with Crippen LogP contribution in [0, 0.1) is 11.3 Å². The van der Waals surface area contributed by atoms with Crippen molar-refractivity contribution in [1.29, 1.82) is 5.26 Å². The van der Waals surface area contributed by atoms with E-state index in [1.807, 2.05) is 0 Å². The molecular formula is C17H12N4O3S. The van der Waals surface area contributed by atoms with Gasteiger partial charge in [-0.2, -0.15) is 9.64 Å². The number of Topliss-reactive ketones (excluding diaryl/α,β-unsaturated/α-hetero) is 1. The third kappa shape index (κ3) is 3.97. The highest BCUT2D eigenvalue weighted by molar-refractivity contribution is 7.09. The predicted octanol–water partition coefficient (Wildman–Crippen LogP) is 3.05. The second kappa shape index (κ2) is 7.07. The third-order valence-corrected chi connectivity index (χ3v) is 3.90. The number of nitriles is 1. The van der Waals surface area contributed by atoms with E-state index in [1.54, 1.807) is 30.3 Å². The van der Waals surface area contributed by atoms with Crippen LogP contribution in [0.2, 0.25) is 0 Å².